The molecular formula is C8H12N2O. The number of hydrogen-bond acceptors (Lipinski definition) is 2. The van der Waals surface area contributed by atoms with Gasteiger partial charge in [-0.3, -0.25) is 4.68 Å². The normalized spacial score (nSPS) is 21.3. The molecule has 0 unspecified atom stereocenters. The molecule has 0 aromatic carbocycles. The molecule has 1 heterocycles. The molecule has 60 valence electrons. The third-order valence-electron chi connectivity index (χ3n) is 2.42. The van der Waals surface area contributed by atoms with Crippen LogP contribution in [0.4, 0.5) is 0 Å². The minimum Gasteiger partial charge on any atom is -0.385 e. The maximum atomic E-state index is 9.84. The molecule has 0 saturated heterocycles. The van der Waals surface area contributed by atoms with E-state index in [-0.39, 0.29) is 0 Å². The van der Waals surface area contributed by atoms with Crippen LogP contribution in [0.2, 0.25) is 0 Å². The van der Waals surface area contributed by atoms with Crippen LogP contribution in [0.1, 0.15) is 24.8 Å². The van der Waals surface area contributed by atoms with Gasteiger partial charge >= 0.3 is 0 Å². The van der Waals surface area contributed by atoms with E-state index >= 15 is 0 Å². The van der Waals surface area contributed by atoms with Crippen molar-refractivity contribution in [1.29, 1.82) is 0 Å². The zero-order chi connectivity index (χ0) is 7.90. The second-order valence-corrected chi connectivity index (χ2v) is 3.29. The predicted molar refractivity (Wildman–Crippen MR) is 41.0 cm³/mol. The van der Waals surface area contributed by atoms with Crippen LogP contribution in [0, 0.1) is 0 Å². The first-order chi connectivity index (χ1) is 5.21. The van der Waals surface area contributed by atoms with Crippen LogP contribution >= 0.6 is 0 Å². The Morgan fingerprint density at radius 1 is 1.64 bits per heavy atom. The first-order valence-electron chi connectivity index (χ1n) is 3.92. The molecular weight excluding hydrogens is 140 g/mol. The lowest BCUT2D eigenvalue weighted by molar-refractivity contribution is -0.0388. The van der Waals surface area contributed by atoms with E-state index in [2.05, 4.69) is 5.10 Å². The van der Waals surface area contributed by atoms with Gasteiger partial charge in [-0.2, -0.15) is 5.10 Å². The summed E-state index contributed by atoms with van der Waals surface area (Å²) in [5.74, 6) is 0. The SMILES string of the molecule is Cn1cc(C2(O)CCC2)cn1. The van der Waals surface area contributed by atoms with Crippen LogP contribution in [0.3, 0.4) is 0 Å². The molecule has 1 saturated carbocycles. The molecule has 1 aromatic heterocycles. The smallest absolute Gasteiger partial charge is 0.0926 e. The van der Waals surface area contributed by atoms with E-state index in [1.807, 2.05) is 13.2 Å². The third-order valence-corrected chi connectivity index (χ3v) is 2.42. The summed E-state index contributed by atoms with van der Waals surface area (Å²) in [6, 6.07) is 0. The lowest BCUT2D eigenvalue weighted by Crippen LogP contribution is -2.33. The number of nitrogens with zero attached hydrogens (tertiary/aromatic N) is 2. The molecule has 0 spiro atoms. The quantitative estimate of drug-likeness (QED) is 0.646. The van der Waals surface area contributed by atoms with Gasteiger partial charge in [0.15, 0.2) is 0 Å². The van der Waals surface area contributed by atoms with E-state index < -0.39 is 5.60 Å². The van der Waals surface area contributed by atoms with Crippen molar-refractivity contribution in [3.8, 4) is 0 Å². The molecule has 1 aromatic rings. The Kier molecular flexibility index (Phi) is 1.29. The van der Waals surface area contributed by atoms with E-state index in [1.54, 1.807) is 10.9 Å². The van der Waals surface area contributed by atoms with Gasteiger partial charge < -0.3 is 5.11 Å². The summed E-state index contributed by atoms with van der Waals surface area (Å²) in [6.45, 7) is 0. The third kappa shape index (κ3) is 0.959. The summed E-state index contributed by atoms with van der Waals surface area (Å²) in [7, 11) is 1.87. The van der Waals surface area contributed by atoms with Gasteiger partial charge in [-0.25, -0.2) is 0 Å². The van der Waals surface area contributed by atoms with Crippen molar-refractivity contribution < 1.29 is 5.11 Å². The first kappa shape index (κ1) is 6.85. The van der Waals surface area contributed by atoms with E-state index in [4.69, 9.17) is 0 Å². The van der Waals surface area contributed by atoms with E-state index in [1.165, 1.54) is 0 Å². The predicted octanol–water partition coefficient (Wildman–Crippen LogP) is 0.792. The minimum absolute atomic E-state index is 0.547. The summed E-state index contributed by atoms with van der Waals surface area (Å²) in [4.78, 5) is 0. The molecule has 0 aliphatic heterocycles. The van der Waals surface area contributed by atoms with Crippen molar-refractivity contribution in [3.05, 3.63) is 18.0 Å². The highest BCUT2D eigenvalue weighted by atomic mass is 16.3. The van der Waals surface area contributed by atoms with Crippen LogP contribution in [0.25, 0.3) is 0 Å². The molecule has 2 rings (SSSR count). The molecule has 0 bridgehead atoms. The molecule has 0 radical (unpaired) electrons. The second kappa shape index (κ2) is 2.08. The van der Waals surface area contributed by atoms with Gasteiger partial charge in [0.2, 0.25) is 0 Å². The summed E-state index contributed by atoms with van der Waals surface area (Å²) >= 11 is 0. The molecule has 1 aliphatic carbocycles. The van der Waals surface area contributed by atoms with E-state index in [0.29, 0.717) is 0 Å². The maximum absolute atomic E-state index is 9.84. The van der Waals surface area contributed by atoms with Gasteiger partial charge in [0, 0.05) is 18.8 Å². The maximum Gasteiger partial charge on any atom is 0.0926 e. The summed E-state index contributed by atoms with van der Waals surface area (Å²) < 4.78 is 1.73. The van der Waals surface area contributed by atoms with Gasteiger partial charge in [0.05, 0.1) is 11.8 Å². The number of hydrogen-bond donors (Lipinski definition) is 1. The van der Waals surface area contributed by atoms with Crippen molar-refractivity contribution in [2.75, 3.05) is 0 Å². The molecule has 3 nitrogen and oxygen atoms in total. The molecule has 0 atom stereocenters. The Balaban J connectivity index is 2.28. The van der Waals surface area contributed by atoms with Crippen molar-refractivity contribution >= 4 is 0 Å². The number of aryl methyl sites for hydroxylation is 1. The molecule has 1 fully saturated rings. The van der Waals surface area contributed by atoms with Crippen molar-refractivity contribution in [2.45, 2.75) is 24.9 Å². The lowest BCUT2D eigenvalue weighted by Gasteiger charge is -2.35. The Labute approximate surface area is 65.7 Å². The highest BCUT2D eigenvalue weighted by molar-refractivity contribution is 5.17. The fourth-order valence-corrected chi connectivity index (χ4v) is 1.46. The highest BCUT2D eigenvalue weighted by Crippen LogP contribution is 2.40. The Morgan fingerprint density at radius 3 is 2.73 bits per heavy atom. The molecule has 3 heteroatoms. The van der Waals surface area contributed by atoms with Gasteiger partial charge in [0.1, 0.15) is 0 Å². The minimum atomic E-state index is -0.547. The fourth-order valence-electron chi connectivity index (χ4n) is 1.46. The average Bonchev–Trinajstić information content (AvgIpc) is 2.31. The molecule has 1 aliphatic rings. The largest absolute Gasteiger partial charge is 0.385 e. The van der Waals surface area contributed by atoms with Gasteiger partial charge in [-0.15, -0.1) is 0 Å². The van der Waals surface area contributed by atoms with Crippen LogP contribution in [0.15, 0.2) is 12.4 Å². The van der Waals surface area contributed by atoms with Crippen molar-refractivity contribution in [1.82, 2.24) is 9.78 Å². The summed E-state index contributed by atoms with van der Waals surface area (Å²) in [5.41, 5.74) is 0.417. The average molecular weight is 152 g/mol. The zero-order valence-electron chi connectivity index (χ0n) is 6.62. The first-order valence-corrected chi connectivity index (χ1v) is 3.92. The van der Waals surface area contributed by atoms with Gasteiger partial charge in [-0.1, -0.05) is 0 Å². The zero-order valence-corrected chi connectivity index (χ0v) is 6.62. The standard InChI is InChI=1S/C8H12N2O/c1-10-6-7(5-9-10)8(11)3-2-4-8/h5-6,11H,2-4H2,1H3. The van der Waals surface area contributed by atoms with E-state index in [0.717, 1.165) is 24.8 Å². The second-order valence-electron chi connectivity index (χ2n) is 3.29. The van der Waals surface area contributed by atoms with Crippen LogP contribution in [0.5, 0.6) is 0 Å². The topological polar surface area (TPSA) is 38.0 Å². The van der Waals surface area contributed by atoms with Crippen molar-refractivity contribution in [3.63, 3.8) is 0 Å². The number of aliphatic hydroxyl groups is 1. The number of rotatable bonds is 1. The van der Waals surface area contributed by atoms with Crippen LogP contribution in [-0.2, 0) is 12.6 Å². The van der Waals surface area contributed by atoms with E-state index in [9.17, 15) is 5.11 Å². The Morgan fingerprint density at radius 2 is 2.36 bits per heavy atom. The summed E-state index contributed by atoms with van der Waals surface area (Å²) in [6.07, 6.45) is 6.54. The Hall–Kier alpha value is -0.830. The molecule has 11 heavy (non-hydrogen) atoms. The molecule has 0 amide bonds. The number of aromatic nitrogens is 2. The van der Waals surface area contributed by atoms with Gasteiger partial charge in [-0.05, 0) is 19.3 Å². The van der Waals surface area contributed by atoms with Crippen LogP contribution < -0.4 is 0 Å². The monoisotopic (exact) mass is 152 g/mol. The van der Waals surface area contributed by atoms with Crippen molar-refractivity contribution in [2.24, 2.45) is 7.05 Å². The summed E-state index contributed by atoms with van der Waals surface area (Å²) in [5, 5.41) is 13.9. The highest BCUT2D eigenvalue weighted by Gasteiger charge is 2.36. The Bertz CT molecular complexity index is 263. The fraction of sp³-hybridized carbons (Fsp3) is 0.625. The van der Waals surface area contributed by atoms with Crippen LogP contribution in [-0.4, -0.2) is 14.9 Å². The molecule has 1 N–H and O–H groups in total. The lowest BCUT2D eigenvalue weighted by atomic mass is 9.76. The van der Waals surface area contributed by atoms with Gasteiger partial charge in [0.25, 0.3) is 0 Å².